The summed E-state index contributed by atoms with van der Waals surface area (Å²) in [7, 11) is 0. The van der Waals surface area contributed by atoms with Gasteiger partial charge in [-0.2, -0.15) is 0 Å². The first-order valence-electron chi connectivity index (χ1n) is 6.76. The van der Waals surface area contributed by atoms with E-state index < -0.39 is 4.92 Å². The lowest BCUT2D eigenvalue weighted by molar-refractivity contribution is -0.384. The number of rotatable bonds is 3. The number of H-pyrrole nitrogens is 1. The molecule has 3 aromatic rings. The van der Waals surface area contributed by atoms with E-state index in [1.807, 2.05) is 0 Å². The number of benzene rings is 2. The number of halogens is 2. The SMILES string of the molecule is O=c1[nH]c(/C(Cl)=C/c2ccc(Cl)c([N+](=O)[O-])c2)nc2ccccc12. The number of nitro benzene ring substituents is 1. The second kappa shape index (κ2) is 6.43. The summed E-state index contributed by atoms with van der Waals surface area (Å²) < 4.78 is 0. The van der Waals surface area contributed by atoms with Gasteiger partial charge in [-0.05, 0) is 29.8 Å². The number of para-hydroxylation sites is 1. The van der Waals surface area contributed by atoms with Crippen LogP contribution in [-0.2, 0) is 0 Å². The van der Waals surface area contributed by atoms with Crippen LogP contribution in [0.2, 0.25) is 5.02 Å². The number of hydrogen-bond acceptors (Lipinski definition) is 4. The third-order valence-corrected chi connectivity index (χ3v) is 3.91. The lowest BCUT2D eigenvalue weighted by Gasteiger charge is -2.02. The Kier molecular flexibility index (Phi) is 4.33. The van der Waals surface area contributed by atoms with Crippen molar-refractivity contribution in [2.75, 3.05) is 0 Å². The fraction of sp³-hybridized carbons (Fsp3) is 0. The van der Waals surface area contributed by atoms with Crippen LogP contribution in [0.5, 0.6) is 0 Å². The molecular formula is C16H9Cl2N3O3. The topological polar surface area (TPSA) is 88.9 Å². The lowest BCUT2D eigenvalue weighted by atomic mass is 10.2. The third-order valence-electron chi connectivity index (χ3n) is 3.30. The van der Waals surface area contributed by atoms with Crippen molar-refractivity contribution in [1.82, 2.24) is 9.97 Å². The van der Waals surface area contributed by atoms with E-state index in [4.69, 9.17) is 23.2 Å². The number of nitrogens with zero attached hydrogens (tertiary/aromatic N) is 2. The lowest BCUT2D eigenvalue weighted by Crippen LogP contribution is -2.10. The zero-order chi connectivity index (χ0) is 17.3. The molecule has 0 fully saturated rings. The van der Waals surface area contributed by atoms with Crippen molar-refractivity contribution < 1.29 is 4.92 Å². The molecule has 1 heterocycles. The van der Waals surface area contributed by atoms with Gasteiger partial charge in [-0.1, -0.05) is 41.4 Å². The first-order valence-corrected chi connectivity index (χ1v) is 7.52. The van der Waals surface area contributed by atoms with E-state index in [0.717, 1.165) is 0 Å². The van der Waals surface area contributed by atoms with E-state index in [9.17, 15) is 14.9 Å². The molecule has 0 spiro atoms. The molecule has 6 nitrogen and oxygen atoms in total. The zero-order valence-electron chi connectivity index (χ0n) is 12.0. The van der Waals surface area contributed by atoms with Crippen molar-refractivity contribution in [2.24, 2.45) is 0 Å². The van der Waals surface area contributed by atoms with Crippen molar-refractivity contribution >= 4 is 50.9 Å². The van der Waals surface area contributed by atoms with Crippen LogP contribution in [0.3, 0.4) is 0 Å². The Morgan fingerprint density at radius 1 is 1.25 bits per heavy atom. The second-order valence-electron chi connectivity index (χ2n) is 4.89. The quantitative estimate of drug-likeness (QED) is 0.558. The highest BCUT2D eigenvalue weighted by atomic mass is 35.5. The monoisotopic (exact) mass is 361 g/mol. The summed E-state index contributed by atoms with van der Waals surface area (Å²) >= 11 is 12.0. The van der Waals surface area contributed by atoms with Crippen LogP contribution in [0.15, 0.2) is 47.3 Å². The average Bonchev–Trinajstić information content (AvgIpc) is 2.56. The van der Waals surface area contributed by atoms with Gasteiger partial charge in [0.05, 0.1) is 20.9 Å². The van der Waals surface area contributed by atoms with E-state index in [1.54, 1.807) is 30.3 Å². The molecule has 0 bridgehead atoms. The summed E-state index contributed by atoms with van der Waals surface area (Å²) in [6.45, 7) is 0. The molecular weight excluding hydrogens is 353 g/mol. The van der Waals surface area contributed by atoms with Crippen LogP contribution in [-0.4, -0.2) is 14.9 Å². The number of nitrogens with one attached hydrogen (secondary N) is 1. The van der Waals surface area contributed by atoms with Gasteiger partial charge in [0.1, 0.15) is 5.02 Å². The maximum Gasteiger partial charge on any atom is 0.288 e. The van der Waals surface area contributed by atoms with Crippen molar-refractivity contribution in [2.45, 2.75) is 0 Å². The van der Waals surface area contributed by atoms with Gasteiger partial charge in [0.2, 0.25) is 0 Å². The van der Waals surface area contributed by atoms with Gasteiger partial charge in [0.15, 0.2) is 5.82 Å². The Morgan fingerprint density at radius 2 is 2.00 bits per heavy atom. The highest BCUT2D eigenvalue weighted by molar-refractivity contribution is 6.50. The van der Waals surface area contributed by atoms with Crippen LogP contribution in [0.1, 0.15) is 11.4 Å². The first kappa shape index (κ1) is 16.2. The van der Waals surface area contributed by atoms with Crippen LogP contribution in [0, 0.1) is 10.1 Å². The fourth-order valence-corrected chi connectivity index (χ4v) is 2.58. The predicted octanol–water partition coefficient (Wildman–Crippen LogP) is 4.22. The van der Waals surface area contributed by atoms with Gasteiger partial charge < -0.3 is 4.98 Å². The molecule has 0 saturated carbocycles. The molecule has 1 N–H and O–H groups in total. The molecule has 120 valence electrons. The Bertz CT molecular complexity index is 1040. The van der Waals surface area contributed by atoms with Gasteiger partial charge in [-0.3, -0.25) is 14.9 Å². The van der Waals surface area contributed by atoms with E-state index in [0.29, 0.717) is 16.5 Å². The molecule has 1 aromatic heterocycles. The first-order chi connectivity index (χ1) is 11.5. The summed E-state index contributed by atoms with van der Waals surface area (Å²) in [6, 6.07) is 11.1. The van der Waals surface area contributed by atoms with Crippen molar-refractivity contribution in [3.8, 4) is 0 Å². The molecule has 0 radical (unpaired) electrons. The average molecular weight is 362 g/mol. The van der Waals surface area contributed by atoms with E-state index in [1.165, 1.54) is 18.2 Å². The Labute approximate surface area is 145 Å². The molecule has 8 heteroatoms. The summed E-state index contributed by atoms with van der Waals surface area (Å²) in [5.74, 6) is 0.179. The van der Waals surface area contributed by atoms with Gasteiger partial charge in [-0.25, -0.2) is 4.98 Å². The normalized spacial score (nSPS) is 11.7. The van der Waals surface area contributed by atoms with Gasteiger partial charge >= 0.3 is 0 Å². The van der Waals surface area contributed by atoms with Crippen LogP contribution < -0.4 is 5.56 Å². The number of hydrogen-bond donors (Lipinski definition) is 1. The number of aromatic nitrogens is 2. The largest absolute Gasteiger partial charge is 0.305 e. The van der Waals surface area contributed by atoms with Gasteiger partial charge in [-0.15, -0.1) is 0 Å². The Hall–Kier alpha value is -2.70. The van der Waals surface area contributed by atoms with E-state index >= 15 is 0 Å². The smallest absolute Gasteiger partial charge is 0.288 e. The summed E-state index contributed by atoms with van der Waals surface area (Å²) in [5, 5.41) is 11.6. The minimum Gasteiger partial charge on any atom is -0.305 e. The predicted molar refractivity (Wildman–Crippen MR) is 94.2 cm³/mol. The van der Waals surface area contributed by atoms with Gasteiger partial charge in [0, 0.05) is 6.07 Å². The zero-order valence-corrected chi connectivity index (χ0v) is 13.5. The molecule has 0 aliphatic rings. The molecule has 0 atom stereocenters. The molecule has 0 aliphatic heterocycles. The van der Waals surface area contributed by atoms with Gasteiger partial charge in [0.25, 0.3) is 11.2 Å². The summed E-state index contributed by atoms with van der Waals surface area (Å²) in [6.07, 6.45) is 1.47. The number of nitro groups is 1. The second-order valence-corrected chi connectivity index (χ2v) is 5.71. The molecule has 0 aliphatic carbocycles. The Balaban J connectivity index is 2.07. The number of aromatic amines is 1. The standard InChI is InChI=1S/C16H9Cl2N3O3/c17-11-6-5-9(8-14(11)21(23)24)7-12(18)15-19-13-4-2-1-3-10(13)16(22)20-15/h1-8H,(H,19,20,22)/b12-7-. The molecule has 0 unspecified atom stereocenters. The maximum absolute atomic E-state index is 12.1. The highest BCUT2D eigenvalue weighted by Gasteiger charge is 2.13. The minimum atomic E-state index is -0.580. The summed E-state index contributed by atoms with van der Waals surface area (Å²) in [5.41, 5.74) is 0.427. The van der Waals surface area contributed by atoms with Crippen molar-refractivity contribution in [1.29, 1.82) is 0 Å². The maximum atomic E-state index is 12.1. The Morgan fingerprint density at radius 3 is 2.75 bits per heavy atom. The van der Waals surface area contributed by atoms with Crippen molar-refractivity contribution in [3.63, 3.8) is 0 Å². The molecule has 0 saturated heterocycles. The van der Waals surface area contributed by atoms with Crippen molar-refractivity contribution in [3.05, 3.63) is 79.3 Å². The molecule has 24 heavy (non-hydrogen) atoms. The number of fused-ring (bicyclic) bond motifs is 1. The van der Waals surface area contributed by atoms with Crippen LogP contribution in [0.4, 0.5) is 5.69 Å². The third kappa shape index (κ3) is 3.15. The highest BCUT2D eigenvalue weighted by Crippen LogP contribution is 2.27. The van der Waals surface area contributed by atoms with Crippen LogP contribution in [0.25, 0.3) is 22.0 Å². The molecule has 0 amide bonds. The summed E-state index contributed by atoms with van der Waals surface area (Å²) in [4.78, 5) is 29.3. The van der Waals surface area contributed by atoms with E-state index in [2.05, 4.69) is 9.97 Å². The van der Waals surface area contributed by atoms with Crippen LogP contribution >= 0.6 is 23.2 Å². The fourth-order valence-electron chi connectivity index (χ4n) is 2.17. The minimum absolute atomic E-state index is 0.0329. The molecule has 3 rings (SSSR count). The molecule has 2 aromatic carbocycles. The van der Waals surface area contributed by atoms with E-state index in [-0.39, 0.29) is 27.1 Å².